The van der Waals surface area contributed by atoms with Gasteiger partial charge in [-0.1, -0.05) is 22.0 Å². The molecule has 108 valence electrons. The van der Waals surface area contributed by atoms with Gasteiger partial charge >= 0.3 is 0 Å². The highest BCUT2D eigenvalue weighted by atomic mass is 79.9. The van der Waals surface area contributed by atoms with Crippen molar-refractivity contribution in [2.45, 2.75) is 38.6 Å². The highest BCUT2D eigenvalue weighted by Crippen LogP contribution is 2.24. The van der Waals surface area contributed by atoms with Gasteiger partial charge < -0.3 is 11.1 Å². The van der Waals surface area contributed by atoms with Crippen LogP contribution < -0.4 is 11.1 Å². The molecule has 1 aromatic rings. The molecule has 0 spiro atoms. The molecular formula is C15H19BrN2O2. The summed E-state index contributed by atoms with van der Waals surface area (Å²) >= 11 is 3.43. The van der Waals surface area contributed by atoms with Crippen LogP contribution in [0.2, 0.25) is 0 Å². The molecule has 0 bridgehead atoms. The van der Waals surface area contributed by atoms with Crippen molar-refractivity contribution < 1.29 is 9.59 Å². The molecule has 20 heavy (non-hydrogen) atoms. The van der Waals surface area contributed by atoms with Crippen molar-refractivity contribution in [2.24, 2.45) is 11.7 Å². The number of nitrogens with one attached hydrogen (secondary N) is 1. The van der Waals surface area contributed by atoms with Gasteiger partial charge in [0.25, 0.3) is 5.91 Å². The molecule has 4 nitrogen and oxygen atoms in total. The van der Waals surface area contributed by atoms with E-state index in [1.54, 1.807) is 0 Å². The minimum Gasteiger partial charge on any atom is -0.369 e. The molecule has 0 aliphatic heterocycles. The third kappa shape index (κ3) is 3.60. The first-order valence-electron chi connectivity index (χ1n) is 6.83. The zero-order valence-corrected chi connectivity index (χ0v) is 13.1. The number of hydrogen-bond donors (Lipinski definition) is 2. The standard InChI is InChI=1S/C15H19BrN2O2/c1-9-2-3-11(8-13(9)16)15(20)18-12-6-4-10(5-7-12)14(17)19/h2-3,8,10,12H,4-7H2,1H3,(H2,17,19)(H,18,20). The van der Waals surface area contributed by atoms with Gasteiger partial charge in [0.15, 0.2) is 0 Å². The smallest absolute Gasteiger partial charge is 0.251 e. The van der Waals surface area contributed by atoms with E-state index >= 15 is 0 Å². The molecule has 5 heteroatoms. The molecule has 1 saturated carbocycles. The van der Waals surface area contributed by atoms with Gasteiger partial charge in [-0.3, -0.25) is 9.59 Å². The topological polar surface area (TPSA) is 72.2 Å². The quantitative estimate of drug-likeness (QED) is 0.888. The van der Waals surface area contributed by atoms with Gasteiger partial charge in [-0.25, -0.2) is 0 Å². The van der Waals surface area contributed by atoms with E-state index in [0.29, 0.717) is 5.56 Å². The Morgan fingerprint density at radius 2 is 1.90 bits per heavy atom. The number of nitrogens with two attached hydrogens (primary N) is 1. The summed E-state index contributed by atoms with van der Waals surface area (Å²) in [5.41, 5.74) is 7.06. The maximum atomic E-state index is 12.2. The summed E-state index contributed by atoms with van der Waals surface area (Å²) in [5, 5.41) is 3.03. The van der Waals surface area contributed by atoms with Crippen molar-refractivity contribution in [3.05, 3.63) is 33.8 Å². The predicted octanol–water partition coefficient (Wildman–Crippen LogP) is 2.53. The summed E-state index contributed by atoms with van der Waals surface area (Å²) in [6.45, 7) is 1.98. The lowest BCUT2D eigenvalue weighted by molar-refractivity contribution is -0.122. The van der Waals surface area contributed by atoms with E-state index < -0.39 is 0 Å². The molecule has 0 radical (unpaired) electrons. The van der Waals surface area contributed by atoms with Gasteiger partial charge in [-0.05, 0) is 50.3 Å². The van der Waals surface area contributed by atoms with Gasteiger partial charge in [0.1, 0.15) is 0 Å². The number of carbonyl (C=O) groups excluding carboxylic acids is 2. The predicted molar refractivity (Wildman–Crippen MR) is 81.3 cm³/mol. The third-order valence-electron chi connectivity index (χ3n) is 3.90. The molecule has 2 amide bonds. The Morgan fingerprint density at radius 1 is 1.25 bits per heavy atom. The van der Waals surface area contributed by atoms with Crippen molar-refractivity contribution in [1.82, 2.24) is 5.32 Å². The van der Waals surface area contributed by atoms with Crippen LogP contribution in [-0.4, -0.2) is 17.9 Å². The number of aryl methyl sites for hydroxylation is 1. The second kappa shape index (κ2) is 6.39. The molecule has 2 rings (SSSR count). The molecule has 1 fully saturated rings. The lowest BCUT2D eigenvalue weighted by Crippen LogP contribution is -2.39. The fraction of sp³-hybridized carbons (Fsp3) is 0.467. The number of carbonyl (C=O) groups is 2. The number of rotatable bonds is 3. The van der Waals surface area contributed by atoms with E-state index in [2.05, 4.69) is 21.2 Å². The van der Waals surface area contributed by atoms with Crippen molar-refractivity contribution in [3.63, 3.8) is 0 Å². The summed E-state index contributed by atoms with van der Waals surface area (Å²) in [5.74, 6) is -0.317. The van der Waals surface area contributed by atoms with Crippen molar-refractivity contribution >= 4 is 27.7 Å². The van der Waals surface area contributed by atoms with E-state index in [4.69, 9.17) is 5.73 Å². The molecular weight excluding hydrogens is 320 g/mol. The van der Waals surface area contributed by atoms with Crippen LogP contribution in [0.4, 0.5) is 0 Å². The fourth-order valence-electron chi connectivity index (χ4n) is 2.53. The maximum Gasteiger partial charge on any atom is 0.251 e. The van der Waals surface area contributed by atoms with Crippen molar-refractivity contribution in [3.8, 4) is 0 Å². The highest BCUT2D eigenvalue weighted by molar-refractivity contribution is 9.10. The van der Waals surface area contributed by atoms with Gasteiger partial charge in [0.2, 0.25) is 5.91 Å². The zero-order chi connectivity index (χ0) is 14.7. The Labute approximate surface area is 127 Å². The maximum absolute atomic E-state index is 12.2. The van der Waals surface area contributed by atoms with Gasteiger partial charge in [0, 0.05) is 22.0 Å². The molecule has 0 aromatic heterocycles. The van der Waals surface area contributed by atoms with E-state index in [1.165, 1.54) is 0 Å². The van der Waals surface area contributed by atoms with Crippen molar-refractivity contribution in [2.75, 3.05) is 0 Å². The Hall–Kier alpha value is -1.36. The van der Waals surface area contributed by atoms with Crippen LogP contribution >= 0.6 is 15.9 Å². The largest absolute Gasteiger partial charge is 0.369 e. The number of amides is 2. The van der Waals surface area contributed by atoms with Crippen LogP contribution in [-0.2, 0) is 4.79 Å². The minimum absolute atomic E-state index is 0.0309. The Balaban J connectivity index is 1.92. The third-order valence-corrected chi connectivity index (χ3v) is 4.75. The van der Waals surface area contributed by atoms with E-state index in [0.717, 1.165) is 35.7 Å². The summed E-state index contributed by atoms with van der Waals surface area (Å²) < 4.78 is 0.933. The highest BCUT2D eigenvalue weighted by Gasteiger charge is 2.25. The Morgan fingerprint density at radius 3 is 2.45 bits per heavy atom. The zero-order valence-electron chi connectivity index (χ0n) is 11.5. The van der Waals surface area contributed by atoms with Crippen LogP contribution in [0, 0.1) is 12.8 Å². The van der Waals surface area contributed by atoms with Crippen LogP contribution in [0.15, 0.2) is 22.7 Å². The molecule has 0 atom stereocenters. The summed E-state index contributed by atoms with van der Waals surface area (Å²) in [4.78, 5) is 23.3. The Bertz CT molecular complexity index is 523. The van der Waals surface area contributed by atoms with E-state index in [-0.39, 0.29) is 23.8 Å². The molecule has 1 aromatic carbocycles. The fourth-order valence-corrected chi connectivity index (χ4v) is 2.90. The van der Waals surface area contributed by atoms with E-state index in [9.17, 15) is 9.59 Å². The number of primary amides is 1. The summed E-state index contributed by atoms with van der Waals surface area (Å²) in [6, 6.07) is 5.71. The van der Waals surface area contributed by atoms with E-state index in [1.807, 2.05) is 25.1 Å². The summed E-state index contributed by atoms with van der Waals surface area (Å²) in [6.07, 6.45) is 3.15. The number of halogens is 1. The Kier molecular flexibility index (Phi) is 4.81. The van der Waals surface area contributed by atoms with Crippen molar-refractivity contribution in [1.29, 1.82) is 0 Å². The van der Waals surface area contributed by atoms with Crippen LogP contribution in [0.3, 0.4) is 0 Å². The first-order valence-corrected chi connectivity index (χ1v) is 7.63. The van der Waals surface area contributed by atoms with Gasteiger partial charge in [-0.2, -0.15) is 0 Å². The molecule has 1 aliphatic rings. The second-order valence-corrected chi connectivity index (χ2v) is 6.24. The van der Waals surface area contributed by atoms with Crippen LogP contribution in [0.1, 0.15) is 41.6 Å². The molecule has 0 heterocycles. The molecule has 0 saturated heterocycles. The average Bonchev–Trinajstić information content (AvgIpc) is 2.42. The molecule has 3 N–H and O–H groups in total. The number of hydrogen-bond acceptors (Lipinski definition) is 2. The van der Waals surface area contributed by atoms with Crippen LogP contribution in [0.25, 0.3) is 0 Å². The van der Waals surface area contributed by atoms with Gasteiger partial charge in [-0.15, -0.1) is 0 Å². The van der Waals surface area contributed by atoms with Crippen LogP contribution in [0.5, 0.6) is 0 Å². The second-order valence-electron chi connectivity index (χ2n) is 5.39. The lowest BCUT2D eigenvalue weighted by atomic mass is 9.85. The molecule has 1 aliphatic carbocycles. The average molecular weight is 339 g/mol. The lowest BCUT2D eigenvalue weighted by Gasteiger charge is -2.27. The SMILES string of the molecule is Cc1ccc(C(=O)NC2CCC(C(N)=O)CC2)cc1Br. The number of benzene rings is 1. The summed E-state index contributed by atoms with van der Waals surface area (Å²) in [7, 11) is 0. The minimum atomic E-state index is -0.225. The monoisotopic (exact) mass is 338 g/mol. The van der Waals surface area contributed by atoms with Gasteiger partial charge in [0.05, 0.1) is 0 Å². The first-order chi connectivity index (χ1) is 9.47. The molecule has 0 unspecified atom stereocenters. The normalized spacial score (nSPS) is 22.3. The first kappa shape index (κ1) is 15.0.